The SMILES string of the molecule is O=C(/C=C/c1ccc(Cl)c(C(F)(F)F)c1)N1CCC(c2nc3ccccc3[nH]2)CC1. The van der Waals surface area contributed by atoms with Gasteiger partial charge in [0.15, 0.2) is 0 Å². The molecule has 0 bridgehead atoms. The molecule has 30 heavy (non-hydrogen) atoms. The van der Waals surface area contributed by atoms with E-state index in [0.717, 1.165) is 35.8 Å². The summed E-state index contributed by atoms with van der Waals surface area (Å²) in [6.45, 7) is 1.14. The zero-order chi connectivity index (χ0) is 21.3. The van der Waals surface area contributed by atoms with Crippen LogP contribution in [0.1, 0.15) is 35.7 Å². The lowest BCUT2D eigenvalue weighted by molar-refractivity contribution is -0.137. The third kappa shape index (κ3) is 4.36. The number of fused-ring (bicyclic) bond motifs is 1. The molecule has 1 amide bonds. The number of hydrogen-bond acceptors (Lipinski definition) is 2. The summed E-state index contributed by atoms with van der Waals surface area (Å²) in [6.07, 6.45) is -0.287. The minimum atomic E-state index is -4.54. The van der Waals surface area contributed by atoms with Crippen LogP contribution < -0.4 is 0 Å². The van der Waals surface area contributed by atoms with Crippen LogP contribution in [0.25, 0.3) is 17.1 Å². The normalized spacial score (nSPS) is 15.9. The van der Waals surface area contributed by atoms with Gasteiger partial charge < -0.3 is 9.88 Å². The highest BCUT2D eigenvalue weighted by Crippen LogP contribution is 2.35. The molecule has 1 N–H and O–H groups in total. The van der Waals surface area contributed by atoms with Gasteiger partial charge in [0.1, 0.15) is 5.82 Å². The molecule has 1 aliphatic heterocycles. The highest BCUT2D eigenvalue weighted by atomic mass is 35.5. The highest BCUT2D eigenvalue weighted by Gasteiger charge is 2.33. The maximum Gasteiger partial charge on any atom is 0.417 e. The number of carbonyl (C=O) groups is 1. The molecule has 1 fully saturated rings. The lowest BCUT2D eigenvalue weighted by Gasteiger charge is -2.30. The third-order valence-corrected chi connectivity index (χ3v) is 5.64. The topological polar surface area (TPSA) is 49.0 Å². The molecule has 2 heterocycles. The maximum absolute atomic E-state index is 13.0. The largest absolute Gasteiger partial charge is 0.417 e. The number of halogens is 4. The molecule has 4 nitrogen and oxygen atoms in total. The molecule has 2 aromatic carbocycles. The van der Waals surface area contributed by atoms with Gasteiger partial charge >= 0.3 is 6.18 Å². The second-order valence-electron chi connectivity index (χ2n) is 7.31. The predicted molar refractivity (Wildman–Crippen MR) is 110 cm³/mol. The molecule has 1 aliphatic rings. The van der Waals surface area contributed by atoms with Crippen LogP contribution in [0.5, 0.6) is 0 Å². The van der Waals surface area contributed by atoms with Crippen molar-refractivity contribution in [2.24, 2.45) is 0 Å². The average Bonchev–Trinajstić information content (AvgIpc) is 3.16. The number of hydrogen-bond donors (Lipinski definition) is 1. The van der Waals surface area contributed by atoms with Crippen LogP contribution >= 0.6 is 11.6 Å². The second kappa shape index (κ2) is 8.14. The van der Waals surface area contributed by atoms with Crippen LogP contribution in [-0.2, 0) is 11.0 Å². The molecule has 1 saturated heterocycles. The molecule has 0 radical (unpaired) electrons. The first kappa shape index (κ1) is 20.5. The summed E-state index contributed by atoms with van der Waals surface area (Å²) in [5.74, 6) is 0.956. The van der Waals surface area contributed by atoms with E-state index < -0.39 is 11.7 Å². The molecule has 0 unspecified atom stereocenters. The summed E-state index contributed by atoms with van der Waals surface area (Å²) in [5, 5.41) is -0.362. The van der Waals surface area contributed by atoms with Crippen molar-refractivity contribution in [1.82, 2.24) is 14.9 Å². The van der Waals surface area contributed by atoms with Gasteiger partial charge in [0, 0.05) is 25.1 Å². The molecule has 4 rings (SSSR count). The van der Waals surface area contributed by atoms with Crippen molar-refractivity contribution in [2.75, 3.05) is 13.1 Å². The van der Waals surface area contributed by atoms with Gasteiger partial charge in [-0.2, -0.15) is 13.2 Å². The summed E-state index contributed by atoms with van der Waals surface area (Å²) in [7, 11) is 0. The van der Waals surface area contributed by atoms with E-state index in [2.05, 4.69) is 9.97 Å². The second-order valence-corrected chi connectivity index (χ2v) is 7.72. The van der Waals surface area contributed by atoms with E-state index in [1.807, 2.05) is 24.3 Å². The number of imidazole rings is 1. The zero-order valence-corrected chi connectivity index (χ0v) is 16.7. The Kier molecular flexibility index (Phi) is 5.56. The molecule has 0 atom stereocenters. The van der Waals surface area contributed by atoms with E-state index >= 15 is 0 Å². The molecule has 156 valence electrons. The van der Waals surface area contributed by atoms with Crippen LogP contribution in [0.3, 0.4) is 0 Å². The summed E-state index contributed by atoms with van der Waals surface area (Å²) in [5.41, 5.74) is 1.29. The van der Waals surface area contributed by atoms with Crippen molar-refractivity contribution >= 4 is 34.6 Å². The number of para-hydroxylation sites is 2. The van der Waals surface area contributed by atoms with Crippen LogP contribution in [0, 0.1) is 0 Å². The van der Waals surface area contributed by atoms with Gasteiger partial charge in [-0.3, -0.25) is 4.79 Å². The Morgan fingerprint density at radius 3 is 2.60 bits per heavy atom. The highest BCUT2D eigenvalue weighted by molar-refractivity contribution is 6.31. The number of H-pyrrole nitrogens is 1. The van der Waals surface area contributed by atoms with Gasteiger partial charge in [-0.1, -0.05) is 29.8 Å². The Bertz CT molecular complexity index is 1070. The molecule has 3 aromatic rings. The van der Waals surface area contributed by atoms with Crippen molar-refractivity contribution < 1.29 is 18.0 Å². The summed E-state index contributed by atoms with van der Waals surface area (Å²) < 4.78 is 38.9. The quantitative estimate of drug-likeness (QED) is 0.542. The summed E-state index contributed by atoms with van der Waals surface area (Å²) in [6, 6.07) is 11.4. The molecule has 1 aromatic heterocycles. The number of carbonyl (C=O) groups excluding carboxylic acids is 1. The first-order valence-corrected chi connectivity index (χ1v) is 9.97. The molecular formula is C22H19ClF3N3O. The van der Waals surface area contributed by atoms with Crippen LogP contribution in [0.4, 0.5) is 13.2 Å². The van der Waals surface area contributed by atoms with Gasteiger partial charge in [0.2, 0.25) is 5.91 Å². The number of alkyl halides is 3. The fourth-order valence-electron chi connectivity index (χ4n) is 3.68. The number of aromatic amines is 1. The predicted octanol–water partition coefficient (Wildman–Crippen LogP) is 5.65. The van der Waals surface area contributed by atoms with Gasteiger partial charge in [0.25, 0.3) is 0 Å². The monoisotopic (exact) mass is 433 g/mol. The maximum atomic E-state index is 13.0. The van der Waals surface area contributed by atoms with Gasteiger partial charge in [0.05, 0.1) is 21.6 Å². The van der Waals surface area contributed by atoms with E-state index in [1.54, 1.807) is 4.90 Å². The van der Waals surface area contributed by atoms with E-state index in [4.69, 9.17) is 11.6 Å². The van der Waals surface area contributed by atoms with E-state index in [0.29, 0.717) is 13.1 Å². The molecule has 0 aliphatic carbocycles. The lowest BCUT2D eigenvalue weighted by atomic mass is 9.96. The number of benzene rings is 2. The van der Waals surface area contributed by atoms with Gasteiger partial charge in [-0.05, 0) is 48.7 Å². The van der Waals surface area contributed by atoms with Crippen LogP contribution in [-0.4, -0.2) is 33.9 Å². The molecular weight excluding hydrogens is 415 g/mol. The van der Waals surface area contributed by atoms with Crippen LogP contribution in [0.2, 0.25) is 5.02 Å². The minimum Gasteiger partial charge on any atom is -0.342 e. The Hall–Kier alpha value is -2.80. The van der Waals surface area contributed by atoms with Crippen molar-refractivity contribution in [3.8, 4) is 0 Å². The third-order valence-electron chi connectivity index (χ3n) is 5.32. The summed E-state index contributed by atoms with van der Waals surface area (Å²) in [4.78, 5) is 22.2. The Morgan fingerprint density at radius 2 is 1.90 bits per heavy atom. The van der Waals surface area contributed by atoms with Gasteiger partial charge in [-0.25, -0.2) is 4.98 Å². The number of amides is 1. The number of rotatable bonds is 3. The Morgan fingerprint density at radius 1 is 1.17 bits per heavy atom. The van der Waals surface area contributed by atoms with Crippen LogP contribution in [0.15, 0.2) is 48.5 Å². The van der Waals surface area contributed by atoms with Crippen molar-refractivity contribution in [3.63, 3.8) is 0 Å². The minimum absolute atomic E-state index is 0.221. The lowest BCUT2D eigenvalue weighted by Crippen LogP contribution is -2.37. The Balaban J connectivity index is 1.38. The number of aromatic nitrogens is 2. The number of likely N-dealkylation sites (tertiary alicyclic amines) is 1. The van der Waals surface area contributed by atoms with Crippen molar-refractivity contribution in [1.29, 1.82) is 0 Å². The molecule has 8 heteroatoms. The first-order chi connectivity index (χ1) is 14.3. The zero-order valence-electron chi connectivity index (χ0n) is 15.9. The Labute approximate surface area is 176 Å². The van der Waals surface area contributed by atoms with E-state index in [-0.39, 0.29) is 22.4 Å². The molecule has 0 spiro atoms. The first-order valence-electron chi connectivity index (χ1n) is 9.59. The average molecular weight is 434 g/mol. The fourth-order valence-corrected chi connectivity index (χ4v) is 3.90. The smallest absolute Gasteiger partial charge is 0.342 e. The number of nitrogens with zero attached hydrogens (tertiary/aromatic N) is 2. The van der Waals surface area contributed by atoms with Crippen molar-refractivity contribution in [2.45, 2.75) is 24.9 Å². The number of piperidine rings is 1. The summed E-state index contributed by atoms with van der Waals surface area (Å²) >= 11 is 5.63. The van der Waals surface area contributed by atoms with E-state index in [1.165, 1.54) is 24.3 Å². The fraction of sp³-hybridized carbons (Fsp3) is 0.273. The van der Waals surface area contributed by atoms with Crippen molar-refractivity contribution in [3.05, 3.63) is 70.5 Å². The van der Waals surface area contributed by atoms with Gasteiger partial charge in [-0.15, -0.1) is 0 Å². The standard InChI is InChI=1S/C22H19ClF3N3O/c23-17-7-5-14(13-16(17)22(24,25)26)6-8-20(30)29-11-9-15(10-12-29)21-27-18-3-1-2-4-19(18)28-21/h1-8,13,15H,9-12H2,(H,27,28)/b8-6+. The van der Waals surface area contributed by atoms with E-state index in [9.17, 15) is 18.0 Å². The number of nitrogens with one attached hydrogen (secondary N) is 1. The molecule has 0 saturated carbocycles.